The Hall–Kier alpha value is 0.250. The van der Waals surface area contributed by atoms with Gasteiger partial charge in [-0.05, 0) is 19.4 Å². The minimum Gasteiger partial charge on any atom is -0.0847 e. The number of halogens is 2. The molecule has 9 heavy (non-hydrogen) atoms. The molecule has 0 radical (unpaired) electrons. The summed E-state index contributed by atoms with van der Waals surface area (Å²) in [5.41, 5.74) is 0. The summed E-state index contributed by atoms with van der Waals surface area (Å²) < 4.78 is 0.130. The van der Waals surface area contributed by atoms with Crippen LogP contribution in [0.5, 0.6) is 0 Å². The van der Waals surface area contributed by atoms with Crippen LogP contribution >= 0.6 is 27.5 Å². The SMILES string of the molecule is CC1(Br)C=CC(Cl)=CC1. The second kappa shape index (κ2) is 2.47. The molecule has 1 atom stereocenters. The van der Waals surface area contributed by atoms with E-state index in [0.717, 1.165) is 11.5 Å². The van der Waals surface area contributed by atoms with Gasteiger partial charge in [-0.3, -0.25) is 0 Å². The molecule has 0 bridgehead atoms. The molecule has 0 saturated carbocycles. The first kappa shape index (κ1) is 7.36. The first-order chi connectivity index (χ1) is 4.10. The van der Waals surface area contributed by atoms with Crippen LogP contribution in [-0.2, 0) is 0 Å². The van der Waals surface area contributed by atoms with Gasteiger partial charge in [-0.2, -0.15) is 0 Å². The van der Waals surface area contributed by atoms with E-state index in [0.29, 0.717) is 0 Å². The maximum absolute atomic E-state index is 5.70. The molecule has 0 N–H and O–H groups in total. The monoisotopic (exact) mass is 206 g/mol. The molecule has 0 saturated heterocycles. The van der Waals surface area contributed by atoms with E-state index in [-0.39, 0.29) is 4.32 Å². The molecule has 1 unspecified atom stereocenters. The summed E-state index contributed by atoms with van der Waals surface area (Å²) in [6.45, 7) is 2.11. The van der Waals surface area contributed by atoms with Crippen molar-refractivity contribution in [3.63, 3.8) is 0 Å². The molecule has 0 aromatic heterocycles. The lowest BCUT2D eigenvalue weighted by atomic mass is 10.0. The smallest absolute Gasteiger partial charge is 0.0447 e. The average Bonchev–Trinajstić information content (AvgIpc) is 1.78. The van der Waals surface area contributed by atoms with Crippen molar-refractivity contribution in [2.45, 2.75) is 17.7 Å². The minimum atomic E-state index is 0.130. The highest BCUT2D eigenvalue weighted by atomic mass is 79.9. The zero-order chi connectivity index (χ0) is 6.91. The molecule has 1 rings (SSSR count). The molecule has 0 aromatic rings. The van der Waals surface area contributed by atoms with Gasteiger partial charge in [0.1, 0.15) is 0 Å². The molecular weight excluding hydrogens is 199 g/mol. The van der Waals surface area contributed by atoms with Crippen molar-refractivity contribution in [1.82, 2.24) is 0 Å². The van der Waals surface area contributed by atoms with Crippen LogP contribution in [0.15, 0.2) is 23.3 Å². The van der Waals surface area contributed by atoms with Gasteiger partial charge in [0.15, 0.2) is 0 Å². The van der Waals surface area contributed by atoms with Crippen LogP contribution in [0.1, 0.15) is 13.3 Å². The second-order valence-electron chi connectivity index (χ2n) is 2.40. The lowest BCUT2D eigenvalue weighted by Gasteiger charge is -2.18. The Balaban J connectivity index is 2.70. The highest BCUT2D eigenvalue weighted by Gasteiger charge is 2.16. The molecule has 0 amide bonds. The van der Waals surface area contributed by atoms with E-state index in [2.05, 4.69) is 28.9 Å². The standard InChI is InChI=1S/C7H8BrCl/c1-7(8)4-2-6(9)3-5-7/h2-4H,5H2,1H3. The fourth-order valence-electron chi connectivity index (χ4n) is 0.687. The van der Waals surface area contributed by atoms with Crippen molar-refractivity contribution in [1.29, 1.82) is 0 Å². The van der Waals surface area contributed by atoms with Crippen LogP contribution < -0.4 is 0 Å². The topological polar surface area (TPSA) is 0 Å². The lowest BCUT2D eigenvalue weighted by Crippen LogP contribution is -2.11. The third-order valence-electron chi connectivity index (χ3n) is 1.29. The minimum absolute atomic E-state index is 0.130. The lowest BCUT2D eigenvalue weighted by molar-refractivity contribution is 0.814. The first-order valence-corrected chi connectivity index (χ1v) is 4.01. The van der Waals surface area contributed by atoms with Gasteiger partial charge >= 0.3 is 0 Å². The third kappa shape index (κ3) is 2.15. The van der Waals surface area contributed by atoms with E-state index in [1.54, 1.807) is 0 Å². The molecule has 0 aliphatic heterocycles. The van der Waals surface area contributed by atoms with E-state index in [9.17, 15) is 0 Å². The average molecular weight is 207 g/mol. The van der Waals surface area contributed by atoms with Gasteiger partial charge in [0.25, 0.3) is 0 Å². The number of rotatable bonds is 0. The molecule has 2 heteroatoms. The third-order valence-corrected chi connectivity index (χ3v) is 2.15. The van der Waals surface area contributed by atoms with Gasteiger partial charge in [-0.1, -0.05) is 39.7 Å². The summed E-state index contributed by atoms with van der Waals surface area (Å²) in [6.07, 6.45) is 6.97. The van der Waals surface area contributed by atoms with Crippen molar-refractivity contribution in [3.8, 4) is 0 Å². The number of hydrogen-bond acceptors (Lipinski definition) is 0. The summed E-state index contributed by atoms with van der Waals surface area (Å²) >= 11 is 9.23. The number of allylic oxidation sites excluding steroid dienone is 4. The van der Waals surface area contributed by atoms with Gasteiger partial charge < -0.3 is 0 Å². The molecule has 0 spiro atoms. The molecule has 1 aliphatic carbocycles. The molecule has 0 heterocycles. The zero-order valence-corrected chi connectivity index (χ0v) is 7.54. The summed E-state index contributed by atoms with van der Waals surface area (Å²) in [7, 11) is 0. The molecular formula is C7H8BrCl. The van der Waals surface area contributed by atoms with Crippen LogP contribution in [-0.4, -0.2) is 4.32 Å². The Morgan fingerprint density at radius 1 is 1.78 bits per heavy atom. The fourth-order valence-corrected chi connectivity index (χ4v) is 1.12. The van der Waals surface area contributed by atoms with E-state index in [1.165, 1.54) is 0 Å². The predicted octanol–water partition coefficient (Wildman–Crippen LogP) is 3.22. The highest BCUT2D eigenvalue weighted by Crippen LogP contribution is 2.29. The quantitative estimate of drug-likeness (QED) is 0.535. The Kier molecular flexibility index (Phi) is 2.02. The summed E-state index contributed by atoms with van der Waals surface area (Å²) in [6, 6.07) is 0. The first-order valence-electron chi connectivity index (χ1n) is 2.84. The van der Waals surface area contributed by atoms with Crippen molar-refractivity contribution < 1.29 is 0 Å². The molecule has 0 aromatic carbocycles. The molecule has 0 fully saturated rings. The van der Waals surface area contributed by atoms with Crippen molar-refractivity contribution >= 4 is 27.5 Å². The molecule has 50 valence electrons. The largest absolute Gasteiger partial charge is 0.0847 e. The second-order valence-corrected chi connectivity index (χ2v) is 4.65. The molecule has 1 aliphatic rings. The van der Waals surface area contributed by atoms with Gasteiger partial charge in [-0.25, -0.2) is 0 Å². The number of alkyl halides is 1. The summed E-state index contributed by atoms with van der Waals surface area (Å²) in [5, 5.41) is 0.840. The maximum atomic E-state index is 5.70. The Morgan fingerprint density at radius 2 is 2.44 bits per heavy atom. The van der Waals surface area contributed by atoms with Gasteiger partial charge in [-0.15, -0.1) is 0 Å². The van der Waals surface area contributed by atoms with E-state index in [4.69, 9.17) is 11.6 Å². The Labute approximate surface area is 68.7 Å². The Morgan fingerprint density at radius 3 is 2.78 bits per heavy atom. The fraction of sp³-hybridized carbons (Fsp3) is 0.429. The Bertz CT molecular complexity index is 168. The number of hydrogen-bond donors (Lipinski definition) is 0. The van der Waals surface area contributed by atoms with Crippen LogP contribution in [0.4, 0.5) is 0 Å². The van der Waals surface area contributed by atoms with Crippen LogP contribution in [0.2, 0.25) is 0 Å². The van der Waals surface area contributed by atoms with Crippen LogP contribution in [0.3, 0.4) is 0 Å². The summed E-state index contributed by atoms with van der Waals surface area (Å²) in [5.74, 6) is 0. The van der Waals surface area contributed by atoms with Crippen molar-refractivity contribution in [2.24, 2.45) is 0 Å². The zero-order valence-electron chi connectivity index (χ0n) is 5.20. The van der Waals surface area contributed by atoms with E-state index >= 15 is 0 Å². The van der Waals surface area contributed by atoms with E-state index in [1.807, 2.05) is 12.2 Å². The normalized spacial score (nSPS) is 34.3. The van der Waals surface area contributed by atoms with Crippen LogP contribution in [0, 0.1) is 0 Å². The maximum Gasteiger partial charge on any atom is 0.0447 e. The van der Waals surface area contributed by atoms with Gasteiger partial charge in [0, 0.05) is 9.36 Å². The predicted molar refractivity (Wildman–Crippen MR) is 45.0 cm³/mol. The van der Waals surface area contributed by atoms with Crippen molar-refractivity contribution in [2.75, 3.05) is 0 Å². The van der Waals surface area contributed by atoms with Crippen LogP contribution in [0.25, 0.3) is 0 Å². The molecule has 0 nitrogen and oxygen atoms in total. The highest BCUT2D eigenvalue weighted by molar-refractivity contribution is 9.10. The van der Waals surface area contributed by atoms with Crippen molar-refractivity contribution in [3.05, 3.63) is 23.3 Å². The summed E-state index contributed by atoms with van der Waals surface area (Å²) in [4.78, 5) is 0. The van der Waals surface area contributed by atoms with Gasteiger partial charge in [0.2, 0.25) is 0 Å². The van der Waals surface area contributed by atoms with Gasteiger partial charge in [0.05, 0.1) is 0 Å². The van der Waals surface area contributed by atoms with E-state index < -0.39 is 0 Å².